The van der Waals surface area contributed by atoms with Crippen molar-refractivity contribution in [2.45, 2.75) is 57.2 Å². The Hall–Kier alpha value is -0.0800. The van der Waals surface area contributed by atoms with Gasteiger partial charge < -0.3 is 10.5 Å². The molecule has 2 fully saturated rings. The van der Waals surface area contributed by atoms with Crippen molar-refractivity contribution in [1.82, 2.24) is 0 Å². The number of hydrogen-bond acceptors (Lipinski definition) is 2. The molecule has 1 saturated heterocycles. The molecule has 13 heavy (non-hydrogen) atoms. The van der Waals surface area contributed by atoms with Crippen molar-refractivity contribution in [2.24, 2.45) is 11.7 Å². The summed E-state index contributed by atoms with van der Waals surface area (Å²) in [5, 5.41) is 0. The molecule has 2 heteroatoms. The van der Waals surface area contributed by atoms with E-state index in [0.717, 1.165) is 18.9 Å². The zero-order valence-electron chi connectivity index (χ0n) is 8.59. The average molecular weight is 183 g/mol. The van der Waals surface area contributed by atoms with Gasteiger partial charge in [0.2, 0.25) is 0 Å². The van der Waals surface area contributed by atoms with E-state index in [0.29, 0.717) is 6.10 Å². The van der Waals surface area contributed by atoms with Crippen LogP contribution in [0.25, 0.3) is 0 Å². The van der Waals surface area contributed by atoms with Gasteiger partial charge in [0.1, 0.15) is 0 Å². The molecule has 1 saturated carbocycles. The van der Waals surface area contributed by atoms with Crippen molar-refractivity contribution in [3.8, 4) is 0 Å². The molecule has 0 radical (unpaired) electrons. The number of nitrogens with two attached hydrogens (primary N) is 1. The summed E-state index contributed by atoms with van der Waals surface area (Å²) in [7, 11) is 0. The van der Waals surface area contributed by atoms with Gasteiger partial charge in [-0.15, -0.1) is 0 Å². The first-order valence-electron chi connectivity index (χ1n) is 5.62. The lowest BCUT2D eigenvalue weighted by Crippen LogP contribution is -2.39. The van der Waals surface area contributed by atoms with Crippen LogP contribution in [0.2, 0.25) is 0 Å². The first-order chi connectivity index (χ1) is 6.24. The minimum atomic E-state index is 0.206. The quantitative estimate of drug-likeness (QED) is 0.727. The molecule has 0 spiro atoms. The third-order valence-electron chi connectivity index (χ3n) is 3.86. The maximum atomic E-state index is 6.11. The summed E-state index contributed by atoms with van der Waals surface area (Å²) < 4.78 is 6.11. The van der Waals surface area contributed by atoms with Crippen LogP contribution in [-0.2, 0) is 4.74 Å². The lowest BCUT2D eigenvalue weighted by Gasteiger charge is -2.40. The molecule has 2 aliphatic rings. The highest BCUT2D eigenvalue weighted by Crippen LogP contribution is 2.45. The van der Waals surface area contributed by atoms with Gasteiger partial charge in [-0.05, 0) is 51.5 Å². The van der Waals surface area contributed by atoms with Crippen LogP contribution in [0.3, 0.4) is 0 Å². The molecule has 2 rings (SSSR count). The fraction of sp³-hybridized carbons (Fsp3) is 1.00. The molecule has 1 aliphatic carbocycles. The van der Waals surface area contributed by atoms with E-state index in [1.54, 1.807) is 0 Å². The predicted molar refractivity (Wildman–Crippen MR) is 53.5 cm³/mol. The largest absolute Gasteiger partial charge is 0.372 e. The molecule has 2 unspecified atom stereocenters. The zero-order chi connectivity index (χ0) is 9.31. The van der Waals surface area contributed by atoms with E-state index < -0.39 is 0 Å². The summed E-state index contributed by atoms with van der Waals surface area (Å²) in [4.78, 5) is 0. The van der Waals surface area contributed by atoms with Gasteiger partial charge >= 0.3 is 0 Å². The predicted octanol–water partition coefficient (Wildman–Crippen LogP) is 2.07. The third-order valence-corrected chi connectivity index (χ3v) is 3.86. The van der Waals surface area contributed by atoms with E-state index in [9.17, 15) is 0 Å². The van der Waals surface area contributed by atoms with Crippen molar-refractivity contribution in [1.29, 1.82) is 0 Å². The highest BCUT2D eigenvalue weighted by atomic mass is 16.5. The maximum Gasteiger partial charge on any atom is 0.0687 e. The Kier molecular flexibility index (Phi) is 2.61. The van der Waals surface area contributed by atoms with Crippen LogP contribution in [0.4, 0.5) is 0 Å². The van der Waals surface area contributed by atoms with Gasteiger partial charge in [-0.25, -0.2) is 0 Å². The smallest absolute Gasteiger partial charge is 0.0687 e. The van der Waals surface area contributed by atoms with E-state index in [2.05, 4.69) is 6.92 Å². The molecular formula is C11H21NO. The fourth-order valence-corrected chi connectivity index (χ4v) is 2.65. The molecule has 0 bridgehead atoms. The second kappa shape index (κ2) is 3.58. The highest BCUT2D eigenvalue weighted by Gasteiger charge is 2.44. The van der Waals surface area contributed by atoms with E-state index in [1.165, 1.54) is 32.1 Å². The van der Waals surface area contributed by atoms with Gasteiger partial charge in [0.15, 0.2) is 0 Å². The molecule has 0 aromatic rings. The van der Waals surface area contributed by atoms with Crippen LogP contribution in [0, 0.1) is 5.92 Å². The molecule has 1 aliphatic heterocycles. The standard InChI is InChI=1S/C11H21NO/c1-11(9-3-2-4-9)7-5-10(13-11)6-8-12/h9-10H,2-8,12H2,1H3. The van der Waals surface area contributed by atoms with Gasteiger partial charge in [0, 0.05) is 0 Å². The van der Waals surface area contributed by atoms with Crippen molar-refractivity contribution < 1.29 is 4.74 Å². The Morgan fingerprint density at radius 2 is 2.15 bits per heavy atom. The maximum absolute atomic E-state index is 6.11. The average Bonchev–Trinajstić information content (AvgIpc) is 2.29. The van der Waals surface area contributed by atoms with Gasteiger partial charge in [-0.3, -0.25) is 0 Å². The lowest BCUT2D eigenvalue weighted by atomic mass is 9.72. The molecule has 2 N–H and O–H groups in total. The van der Waals surface area contributed by atoms with Crippen LogP contribution in [0.5, 0.6) is 0 Å². The Morgan fingerprint density at radius 1 is 1.38 bits per heavy atom. The van der Waals surface area contributed by atoms with Gasteiger partial charge in [-0.2, -0.15) is 0 Å². The Balaban J connectivity index is 1.87. The molecule has 0 aromatic heterocycles. The number of hydrogen-bond donors (Lipinski definition) is 1. The van der Waals surface area contributed by atoms with Gasteiger partial charge in [0.25, 0.3) is 0 Å². The summed E-state index contributed by atoms with van der Waals surface area (Å²) in [6.07, 6.45) is 8.15. The molecular weight excluding hydrogens is 162 g/mol. The summed E-state index contributed by atoms with van der Waals surface area (Å²) in [6, 6.07) is 0. The van der Waals surface area contributed by atoms with Crippen molar-refractivity contribution in [2.75, 3.05) is 6.54 Å². The number of rotatable bonds is 3. The number of ether oxygens (including phenoxy) is 1. The van der Waals surface area contributed by atoms with Crippen molar-refractivity contribution >= 4 is 0 Å². The monoisotopic (exact) mass is 183 g/mol. The topological polar surface area (TPSA) is 35.2 Å². The van der Waals surface area contributed by atoms with Crippen LogP contribution >= 0.6 is 0 Å². The van der Waals surface area contributed by atoms with Crippen LogP contribution in [-0.4, -0.2) is 18.2 Å². The lowest BCUT2D eigenvalue weighted by molar-refractivity contribution is -0.0893. The summed E-state index contributed by atoms with van der Waals surface area (Å²) in [5.74, 6) is 0.843. The van der Waals surface area contributed by atoms with E-state index in [4.69, 9.17) is 10.5 Å². The first-order valence-corrected chi connectivity index (χ1v) is 5.62. The zero-order valence-corrected chi connectivity index (χ0v) is 8.59. The second-order valence-corrected chi connectivity index (χ2v) is 4.80. The Labute approximate surface area is 80.8 Å². The molecule has 76 valence electrons. The molecule has 1 heterocycles. The van der Waals surface area contributed by atoms with E-state index in [-0.39, 0.29) is 5.60 Å². The van der Waals surface area contributed by atoms with Crippen molar-refractivity contribution in [3.05, 3.63) is 0 Å². The second-order valence-electron chi connectivity index (χ2n) is 4.80. The molecule has 2 atom stereocenters. The van der Waals surface area contributed by atoms with E-state index in [1.807, 2.05) is 0 Å². The van der Waals surface area contributed by atoms with Gasteiger partial charge in [-0.1, -0.05) is 6.42 Å². The highest BCUT2D eigenvalue weighted by molar-refractivity contribution is 4.94. The SMILES string of the molecule is CC1(C2CCC2)CCC(CCN)O1. The fourth-order valence-electron chi connectivity index (χ4n) is 2.65. The normalized spacial score (nSPS) is 40.6. The van der Waals surface area contributed by atoms with Crippen LogP contribution < -0.4 is 5.73 Å². The van der Waals surface area contributed by atoms with Crippen molar-refractivity contribution in [3.63, 3.8) is 0 Å². The minimum absolute atomic E-state index is 0.206. The molecule has 0 aromatic carbocycles. The molecule has 2 nitrogen and oxygen atoms in total. The Morgan fingerprint density at radius 3 is 2.69 bits per heavy atom. The minimum Gasteiger partial charge on any atom is -0.372 e. The third kappa shape index (κ3) is 1.75. The summed E-state index contributed by atoms with van der Waals surface area (Å²) >= 11 is 0. The summed E-state index contributed by atoms with van der Waals surface area (Å²) in [6.45, 7) is 3.07. The van der Waals surface area contributed by atoms with Crippen LogP contribution in [0.15, 0.2) is 0 Å². The van der Waals surface area contributed by atoms with Crippen LogP contribution in [0.1, 0.15) is 45.4 Å². The summed E-state index contributed by atoms with van der Waals surface area (Å²) in [5.41, 5.74) is 5.75. The Bertz CT molecular complexity index is 179. The molecule has 0 amide bonds. The first kappa shape index (κ1) is 9.47. The van der Waals surface area contributed by atoms with Gasteiger partial charge in [0.05, 0.1) is 11.7 Å². The van der Waals surface area contributed by atoms with E-state index >= 15 is 0 Å².